The van der Waals surface area contributed by atoms with Crippen molar-refractivity contribution < 1.29 is 18.6 Å². The highest BCUT2D eigenvalue weighted by Gasteiger charge is 2.24. The number of pyridine rings is 1. The molecule has 7 heteroatoms. The summed E-state index contributed by atoms with van der Waals surface area (Å²) in [5.41, 5.74) is 5.30. The summed E-state index contributed by atoms with van der Waals surface area (Å²) in [6, 6.07) is 0.709. The van der Waals surface area contributed by atoms with Crippen LogP contribution < -0.4 is 10.6 Å². The van der Waals surface area contributed by atoms with Crippen LogP contribution in [-0.4, -0.2) is 42.5 Å². The van der Waals surface area contributed by atoms with E-state index in [1.165, 1.54) is 0 Å². The van der Waals surface area contributed by atoms with Crippen molar-refractivity contribution in [2.24, 2.45) is 0 Å². The van der Waals surface area contributed by atoms with E-state index in [0.29, 0.717) is 25.8 Å². The first kappa shape index (κ1) is 12.0. The van der Waals surface area contributed by atoms with Crippen molar-refractivity contribution in [1.82, 2.24) is 4.98 Å². The third-order valence-electron chi connectivity index (χ3n) is 2.58. The van der Waals surface area contributed by atoms with E-state index in [4.69, 9.17) is 15.6 Å². The molecular formula is C10H13F2N3O2. The van der Waals surface area contributed by atoms with E-state index in [-0.39, 0.29) is 18.2 Å². The molecule has 0 radical (unpaired) electrons. The number of halogens is 2. The first-order valence-electron chi connectivity index (χ1n) is 5.20. The van der Waals surface area contributed by atoms with Gasteiger partial charge in [0.05, 0.1) is 19.3 Å². The molecule has 0 amide bonds. The zero-order valence-corrected chi connectivity index (χ0v) is 9.07. The first-order chi connectivity index (χ1) is 8.11. The number of morpholine rings is 1. The van der Waals surface area contributed by atoms with Gasteiger partial charge in [0, 0.05) is 19.2 Å². The number of hydrogen-bond donors (Lipinski definition) is 2. The molecule has 2 rings (SSSR count). The van der Waals surface area contributed by atoms with Crippen molar-refractivity contribution in [2.75, 3.05) is 36.9 Å². The monoisotopic (exact) mass is 245 g/mol. The molecule has 0 aromatic carbocycles. The maximum Gasteiger partial charge on any atom is 0.168 e. The van der Waals surface area contributed by atoms with E-state index >= 15 is 0 Å². The van der Waals surface area contributed by atoms with Gasteiger partial charge in [0.25, 0.3) is 0 Å². The predicted octanol–water partition coefficient (Wildman–Crippen LogP) is 0.139. The number of nitrogens with zero attached hydrogens (tertiary/aromatic N) is 2. The second-order valence-electron chi connectivity index (χ2n) is 3.78. The number of aliphatic hydroxyl groups excluding tert-OH is 1. The standard InChI is InChI=1S/C10H13F2N3O2/c11-7-3-8(12)10(14-9(7)13)15-1-2-17-6(4-15)5-16/h3,6,16H,1-2,4-5H2,(H2,13,14). The molecule has 17 heavy (non-hydrogen) atoms. The van der Waals surface area contributed by atoms with Gasteiger partial charge < -0.3 is 20.5 Å². The van der Waals surface area contributed by atoms with Gasteiger partial charge in [-0.05, 0) is 0 Å². The topological polar surface area (TPSA) is 71.6 Å². The largest absolute Gasteiger partial charge is 0.394 e. The summed E-state index contributed by atoms with van der Waals surface area (Å²) >= 11 is 0. The van der Waals surface area contributed by atoms with Crippen LogP contribution in [0.5, 0.6) is 0 Å². The van der Waals surface area contributed by atoms with Crippen LogP contribution >= 0.6 is 0 Å². The predicted molar refractivity (Wildman–Crippen MR) is 57.6 cm³/mol. The molecule has 5 nitrogen and oxygen atoms in total. The Morgan fingerprint density at radius 2 is 2.29 bits per heavy atom. The lowest BCUT2D eigenvalue weighted by molar-refractivity contribution is 0.00319. The Morgan fingerprint density at radius 1 is 1.53 bits per heavy atom. The summed E-state index contributed by atoms with van der Waals surface area (Å²) < 4.78 is 31.7. The zero-order chi connectivity index (χ0) is 12.4. The number of aromatic nitrogens is 1. The van der Waals surface area contributed by atoms with Gasteiger partial charge in [-0.2, -0.15) is 0 Å². The van der Waals surface area contributed by atoms with Crippen LogP contribution in [-0.2, 0) is 4.74 Å². The van der Waals surface area contributed by atoms with Gasteiger partial charge in [-0.25, -0.2) is 13.8 Å². The third-order valence-corrected chi connectivity index (χ3v) is 2.58. The molecule has 2 heterocycles. The molecule has 0 spiro atoms. The lowest BCUT2D eigenvalue weighted by Crippen LogP contribution is -2.44. The number of nitrogen functional groups attached to an aromatic ring is 1. The van der Waals surface area contributed by atoms with Crippen molar-refractivity contribution in [3.63, 3.8) is 0 Å². The summed E-state index contributed by atoms with van der Waals surface area (Å²) in [4.78, 5) is 5.26. The van der Waals surface area contributed by atoms with Gasteiger partial charge in [0.15, 0.2) is 23.3 Å². The van der Waals surface area contributed by atoms with Crippen LogP contribution in [0.4, 0.5) is 20.4 Å². The Kier molecular flexibility index (Phi) is 3.39. The highest BCUT2D eigenvalue weighted by Crippen LogP contribution is 2.22. The minimum atomic E-state index is -0.877. The van der Waals surface area contributed by atoms with Crippen molar-refractivity contribution in [2.45, 2.75) is 6.10 Å². The summed E-state index contributed by atoms with van der Waals surface area (Å²) in [5.74, 6) is -1.99. The number of anilines is 2. The maximum atomic E-state index is 13.5. The fourth-order valence-corrected chi connectivity index (χ4v) is 1.71. The average molecular weight is 245 g/mol. The van der Waals surface area contributed by atoms with Gasteiger partial charge >= 0.3 is 0 Å². The molecular weight excluding hydrogens is 232 g/mol. The fraction of sp³-hybridized carbons (Fsp3) is 0.500. The van der Waals surface area contributed by atoms with E-state index in [2.05, 4.69) is 4.98 Å². The van der Waals surface area contributed by atoms with Crippen LogP contribution in [0.3, 0.4) is 0 Å². The molecule has 1 atom stereocenters. The van der Waals surface area contributed by atoms with Crippen LogP contribution in [0.15, 0.2) is 6.07 Å². The maximum absolute atomic E-state index is 13.5. The molecule has 3 N–H and O–H groups in total. The normalized spacial score (nSPS) is 20.6. The molecule has 94 valence electrons. The Labute approximate surface area is 96.8 Å². The Hall–Kier alpha value is -1.47. The van der Waals surface area contributed by atoms with Gasteiger partial charge in [-0.15, -0.1) is 0 Å². The summed E-state index contributed by atoms with van der Waals surface area (Å²) in [5, 5.41) is 8.97. The lowest BCUT2D eigenvalue weighted by Gasteiger charge is -2.33. The lowest BCUT2D eigenvalue weighted by atomic mass is 10.2. The van der Waals surface area contributed by atoms with Gasteiger partial charge in [0.2, 0.25) is 0 Å². The molecule has 1 aromatic heterocycles. The smallest absolute Gasteiger partial charge is 0.168 e. The van der Waals surface area contributed by atoms with Crippen molar-refractivity contribution >= 4 is 11.6 Å². The SMILES string of the molecule is Nc1nc(N2CCOC(CO)C2)c(F)cc1F. The molecule has 0 aliphatic carbocycles. The minimum Gasteiger partial charge on any atom is -0.394 e. The Morgan fingerprint density at radius 3 is 3.00 bits per heavy atom. The summed E-state index contributed by atoms with van der Waals surface area (Å²) in [7, 11) is 0. The van der Waals surface area contributed by atoms with E-state index in [1.54, 1.807) is 4.90 Å². The summed E-state index contributed by atoms with van der Waals surface area (Å²) in [6.45, 7) is 0.912. The highest BCUT2D eigenvalue weighted by atomic mass is 19.1. The number of aliphatic hydroxyl groups is 1. The Bertz CT molecular complexity index is 417. The van der Waals surface area contributed by atoms with Crippen molar-refractivity contribution in [3.8, 4) is 0 Å². The van der Waals surface area contributed by atoms with Crippen LogP contribution in [0.1, 0.15) is 0 Å². The van der Waals surface area contributed by atoms with E-state index in [0.717, 1.165) is 0 Å². The zero-order valence-electron chi connectivity index (χ0n) is 9.07. The molecule has 1 aromatic rings. The molecule has 1 unspecified atom stereocenters. The molecule has 1 aliphatic heterocycles. The first-order valence-corrected chi connectivity index (χ1v) is 5.20. The van der Waals surface area contributed by atoms with Crippen LogP contribution in [0.25, 0.3) is 0 Å². The van der Waals surface area contributed by atoms with Gasteiger partial charge in [0.1, 0.15) is 0 Å². The van der Waals surface area contributed by atoms with Crippen LogP contribution in [0.2, 0.25) is 0 Å². The van der Waals surface area contributed by atoms with Gasteiger partial charge in [-0.3, -0.25) is 0 Å². The highest BCUT2D eigenvalue weighted by molar-refractivity contribution is 5.47. The molecule has 0 bridgehead atoms. The van der Waals surface area contributed by atoms with E-state index in [1.807, 2.05) is 0 Å². The Balaban J connectivity index is 2.24. The van der Waals surface area contributed by atoms with Gasteiger partial charge in [-0.1, -0.05) is 0 Å². The second-order valence-corrected chi connectivity index (χ2v) is 3.78. The van der Waals surface area contributed by atoms with E-state index in [9.17, 15) is 8.78 Å². The number of ether oxygens (including phenoxy) is 1. The van der Waals surface area contributed by atoms with Crippen LogP contribution in [0, 0.1) is 11.6 Å². The minimum absolute atomic E-state index is 0.00866. The second kappa shape index (κ2) is 4.80. The quantitative estimate of drug-likeness (QED) is 0.775. The van der Waals surface area contributed by atoms with Crippen molar-refractivity contribution in [1.29, 1.82) is 0 Å². The molecule has 1 saturated heterocycles. The van der Waals surface area contributed by atoms with Crippen molar-refractivity contribution in [3.05, 3.63) is 17.7 Å². The van der Waals surface area contributed by atoms with E-state index < -0.39 is 17.7 Å². The molecule has 1 fully saturated rings. The summed E-state index contributed by atoms with van der Waals surface area (Å²) in [6.07, 6.45) is -0.392. The number of nitrogens with two attached hydrogens (primary N) is 1. The fourth-order valence-electron chi connectivity index (χ4n) is 1.71. The average Bonchev–Trinajstić information content (AvgIpc) is 2.34. The third kappa shape index (κ3) is 2.45. The molecule has 1 aliphatic rings. The number of hydrogen-bond acceptors (Lipinski definition) is 5. The number of rotatable bonds is 2. The molecule has 0 saturated carbocycles.